The van der Waals surface area contributed by atoms with Gasteiger partial charge in [0.15, 0.2) is 0 Å². The predicted molar refractivity (Wildman–Crippen MR) is 47.2 cm³/mol. The summed E-state index contributed by atoms with van der Waals surface area (Å²) in [6, 6.07) is 3.12. The standard InChI is InChI=1S/C10H11F3O/c1-6(2)8-5-7(14)3-4-9(8)10(11,12)13/h3-6,14H,1-2H3. The van der Waals surface area contributed by atoms with Crippen molar-refractivity contribution in [2.24, 2.45) is 0 Å². The Morgan fingerprint density at radius 3 is 2.21 bits per heavy atom. The lowest BCUT2D eigenvalue weighted by Gasteiger charge is -2.15. The molecule has 0 heterocycles. The summed E-state index contributed by atoms with van der Waals surface area (Å²) in [5.74, 6) is -0.402. The summed E-state index contributed by atoms with van der Waals surface area (Å²) < 4.78 is 37.4. The van der Waals surface area contributed by atoms with E-state index in [1.54, 1.807) is 13.8 Å². The second-order valence-corrected chi connectivity index (χ2v) is 3.42. The van der Waals surface area contributed by atoms with Crippen LogP contribution in [0, 0.1) is 0 Å². The average molecular weight is 204 g/mol. The van der Waals surface area contributed by atoms with Crippen LogP contribution in [0.3, 0.4) is 0 Å². The number of phenols is 1. The first-order valence-corrected chi connectivity index (χ1v) is 4.22. The molecule has 0 aliphatic heterocycles. The molecule has 1 nitrogen and oxygen atoms in total. The minimum absolute atomic E-state index is 0.123. The molecule has 0 atom stereocenters. The van der Waals surface area contributed by atoms with Gasteiger partial charge in [0.05, 0.1) is 5.56 Å². The van der Waals surface area contributed by atoms with E-state index in [0.717, 1.165) is 18.2 Å². The fourth-order valence-corrected chi connectivity index (χ4v) is 1.29. The fourth-order valence-electron chi connectivity index (χ4n) is 1.29. The Hall–Kier alpha value is -1.19. The van der Waals surface area contributed by atoms with E-state index in [4.69, 9.17) is 5.11 Å². The lowest BCUT2D eigenvalue weighted by Crippen LogP contribution is -2.09. The van der Waals surface area contributed by atoms with E-state index in [9.17, 15) is 13.2 Å². The summed E-state index contributed by atoms with van der Waals surface area (Å²) in [6.45, 7) is 3.31. The van der Waals surface area contributed by atoms with E-state index in [2.05, 4.69) is 0 Å². The van der Waals surface area contributed by atoms with Crippen LogP contribution >= 0.6 is 0 Å². The van der Waals surface area contributed by atoms with Crippen LogP contribution in [0.25, 0.3) is 0 Å². The Morgan fingerprint density at radius 1 is 1.21 bits per heavy atom. The Labute approximate surface area is 80.2 Å². The number of alkyl halides is 3. The molecule has 1 N–H and O–H groups in total. The highest BCUT2D eigenvalue weighted by molar-refractivity contribution is 5.38. The zero-order valence-electron chi connectivity index (χ0n) is 7.89. The molecule has 0 saturated carbocycles. The molecular weight excluding hydrogens is 193 g/mol. The molecule has 1 rings (SSSR count). The molecule has 0 bridgehead atoms. The van der Waals surface area contributed by atoms with Crippen LogP contribution in [0.2, 0.25) is 0 Å². The maximum atomic E-state index is 12.5. The predicted octanol–water partition coefficient (Wildman–Crippen LogP) is 3.53. The molecule has 1 aromatic rings. The summed E-state index contributed by atoms with van der Waals surface area (Å²) >= 11 is 0. The van der Waals surface area contributed by atoms with Crippen molar-refractivity contribution in [3.63, 3.8) is 0 Å². The van der Waals surface area contributed by atoms with Crippen molar-refractivity contribution in [1.29, 1.82) is 0 Å². The van der Waals surface area contributed by atoms with E-state index in [1.165, 1.54) is 0 Å². The second kappa shape index (κ2) is 3.52. The van der Waals surface area contributed by atoms with Gasteiger partial charge in [-0.1, -0.05) is 13.8 Å². The van der Waals surface area contributed by atoms with Gasteiger partial charge in [-0.3, -0.25) is 0 Å². The van der Waals surface area contributed by atoms with Crippen LogP contribution in [0.1, 0.15) is 30.9 Å². The van der Waals surface area contributed by atoms with Gasteiger partial charge in [0, 0.05) is 0 Å². The van der Waals surface area contributed by atoms with E-state index in [-0.39, 0.29) is 17.2 Å². The normalized spacial score (nSPS) is 12.1. The van der Waals surface area contributed by atoms with Crippen molar-refractivity contribution in [3.05, 3.63) is 29.3 Å². The number of phenolic OH excluding ortho intramolecular Hbond substituents is 1. The van der Waals surface area contributed by atoms with Gasteiger partial charge in [0.25, 0.3) is 0 Å². The SMILES string of the molecule is CC(C)c1cc(O)ccc1C(F)(F)F. The number of halogens is 3. The zero-order valence-corrected chi connectivity index (χ0v) is 7.89. The fraction of sp³-hybridized carbons (Fsp3) is 0.400. The minimum atomic E-state index is -4.35. The molecule has 0 unspecified atom stereocenters. The van der Waals surface area contributed by atoms with Crippen LogP contribution in [0.15, 0.2) is 18.2 Å². The molecule has 0 fully saturated rings. The van der Waals surface area contributed by atoms with Gasteiger partial charge in [0.2, 0.25) is 0 Å². The zero-order chi connectivity index (χ0) is 10.9. The number of aromatic hydroxyl groups is 1. The Balaban J connectivity index is 3.29. The summed E-state index contributed by atoms with van der Waals surface area (Å²) in [5.41, 5.74) is -0.553. The van der Waals surface area contributed by atoms with E-state index in [0.29, 0.717) is 0 Å². The van der Waals surface area contributed by atoms with Gasteiger partial charge in [0.1, 0.15) is 5.75 Å². The Morgan fingerprint density at radius 2 is 1.79 bits per heavy atom. The summed E-state index contributed by atoms with van der Waals surface area (Å²) in [4.78, 5) is 0. The number of rotatable bonds is 1. The molecule has 0 aliphatic rings. The van der Waals surface area contributed by atoms with Crippen LogP contribution in [0.5, 0.6) is 5.75 Å². The van der Waals surface area contributed by atoms with Crippen molar-refractivity contribution >= 4 is 0 Å². The monoisotopic (exact) mass is 204 g/mol. The maximum absolute atomic E-state index is 12.5. The van der Waals surface area contributed by atoms with Gasteiger partial charge in [-0.2, -0.15) is 13.2 Å². The highest BCUT2D eigenvalue weighted by Gasteiger charge is 2.33. The largest absolute Gasteiger partial charge is 0.508 e. The van der Waals surface area contributed by atoms with Gasteiger partial charge >= 0.3 is 6.18 Å². The molecule has 0 amide bonds. The first-order chi connectivity index (χ1) is 6.32. The molecular formula is C10H11F3O. The topological polar surface area (TPSA) is 20.2 Å². The Bertz CT molecular complexity index is 329. The van der Waals surface area contributed by atoms with Crippen molar-refractivity contribution in [1.82, 2.24) is 0 Å². The lowest BCUT2D eigenvalue weighted by molar-refractivity contribution is -0.138. The van der Waals surface area contributed by atoms with Crippen LogP contribution in [-0.4, -0.2) is 5.11 Å². The van der Waals surface area contributed by atoms with E-state index in [1.807, 2.05) is 0 Å². The van der Waals surface area contributed by atoms with E-state index < -0.39 is 11.7 Å². The summed E-state index contributed by atoms with van der Waals surface area (Å²) in [7, 11) is 0. The average Bonchev–Trinajstić information content (AvgIpc) is 2.01. The first kappa shape index (κ1) is 10.9. The highest BCUT2D eigenvalue weighted by Crippen LogP contribution is 2.36. The van der Waals surface area contributed by atoms with Crippen LogP contribution in [0.4, 0.5) is 13.2 Å². The van der Waals surface area contributed by atoms with Crippen molar-refractivity contribution < 1.29 is 18.3 Å². The van der Waals surface area contributed by atoms with Crippen LogP contribution < -0.4 is 0 Å². The highest BCUT2D eigenvalue weighted by atomic mass is 19.4. The Kier molecular flexibility index (Phi) is 2.73. The third kappa shape index (κ3) is 2.19. The molecule has 0 radical (unpaired) electrons. The number of benzene rings is 1. The molecule has 4 heteroatoms. The molecule has 0 saturated heterocycles. The molecule has 0 aliphatic carbocycles. The number of hydrogen-bond acceptors (Lipinski definition) is 1. The van der Waals surface area contributed by atoms with Gasteiger partial charge < -0.3 is 5.11 Å². The quantitative estimate of drug-likeness (QED) is 0.741. The summed E-state index contributed by atoms with van der Waals surface area (Å²) in [6.07, 6.45) is -4.35. The van der Waals surface area contributed by atoms with Crippen molar-refractivity contribution in [2.45, 2.75) is 25.9 Å². The van der Waals surface area contributed by atoms with Crippen LogP contribution in [-0.2, 0) is 6.18 Å². The van der Waals surface area contributed by atoms with Crippen molar-refractivity contribution in [2.75, 3.05) is 0 Å². The molecule has 1 aromatic carbocycles. The van der Waals surface area contributed by atoms with Crippen molar-refractivity contribution in [3.8, 4) is 5.75 Å². The second-order valence-electron chi connectivity index (χ2n) is 3.42. The molecule has 0 spiro atoms. The van der Waals surface area contributed by atoms with E-state index >= 15 is 0 Å². The van der Waals surface area contributed by atoms with Gasteiger partial charge in [-0.05, 0) is 29.7 Å². The molecule has 78 valence electrons. The van der Waals surface area contributed by atoms with Gasteiger partial charge in [-0.15, -0.1) is 0 Å². The smallest absolute Gasteiger partial charge is 0.416 e. The summed E-state index contributed by atoms with van der Waals surface area (Å²) in [5, 5.41) is 9.08. The lowest BCUT2D eigenvalue weighted by atomic mass is 9.96. The maximum Gasteiger partial charge on any atom is 0.416 e. The minimum Gasteiger partial charge on any atom is -0.508 e. The third-order valence-corrected chi connectivity index (χ3v) is 1.96. The molecule has 14 heavy (non-hydrogen) atoms. The van der Waals surface area contributed by atoms with Gasteiger partial charge in [-0.25, -0.2) is 0 Å². The third-order valence-electron chi connectivity index (χ3n) is 1.96. The first-order valence-electron chi connectivity index (χ1n) is 4.22. The molecule has 0 aromatic heterocycles. The number of hydrogen-bond donors (Lipinski definition) is 1.